The monoisotopic (exact) mass is 471 g/mol. The summed E-state index contributed by atoms with van der Waals surface area (Å²) < 4.78 is 0. The van der Waals surface area contributed by atoms with Crippen LogP contribution in [0.3, 0.4) is 0 Å². The molecular formula is C30H41N5. The highest BCUT2D eigenvalue weighted by Gasteiger charge is 2.33. The Hall–Kier alpha value is -3.34. The SMILES string of the molecule is C=C/C(C)=C\C=C(/CC)C1=NN=C(N2CCC=C(N=C)C2C(=N)/C=C(C)/C(=C\C=C/C)C(C)C)C1. The molecule has 0 amide bonds. The van der Waals surface area contributed by atoms with Crippen molar-refractivity contribution in [3.05, 3.63) is 83.2 Å². The van der Waals surface area contributed by atoms with Crippen molar-refractivity contribution in [2.75, 3.05) is 6.54 Å². The predicted octanol–water partition coefficient (Wildman–Crippen LogP) is 7.40. The van der Waals surface area contributed by atoms with Crippen LogP contribution in [0.2, 0.25) is 0 Å². The third kappa shape index (κ3) is 7.32. The largest absolute Gasteiger partial charge is 0.344 e. The minimum Gasteiger partial charge on any atom is -0.344 e. The Balaban J connectivity index is 2.33. The summed E-state index contributed by atoms with van der Waals surface area (Å²) in [4.78, 5) is 6.47. The molecule has 2 aliphatic rings. The first-order valence-electron chi connectivity index (χ1n) is 12.4. The lowest BCUT2D eigenvalue weighted by Gasteiger charge is -2.36. The number of amidine groups is 1. The number of aliphatic imine (C=N–C) groups is 1. The highest BCUT2D eigenvalue weighted by molar-refractivity contribution is 6.15. The Kier molecular flexibility index (Phi) is 10.8. The zero-order chi connectivity index (χ0) is 26.0. The summed E-state index contributed by atoms with van der Waals surface area (Å²) in [7, 11) is 0. The first kappa shape index (κ1) is 27.9. The van der Waals surface area contributed by atoms with E-state index in [9.17, 15) is 0 Å². The molecule has 0 aromatic heterocycles. The second kappa shape index (κ2) is 13.5. The maximum absolute atomic E-state index is 9.05. The molecule has 2 heterocycles. The van der Waals surface area contributed by atoms with Crippen molar-refractivity contribution in [3.63, 3.8) is 0 Å². The highest BCUT2D eigenvalue weighted by Crippen LogP contribution is 2.27. The van der Waals surface area contributed by atoms with Crippen LogP contribution in [0.25, 0.3) is 0 Å². The Morgan fingerprint density at radius 3 is 2.60 bits per heavy atom. The number of nitrogens with zero attached hydrogens (tertiary/aromatic N) is 4. The van der Waals surface area contributed by atoms with Gasteiger partial charge in [0.2, 0.25) is 0 Å². The lowest BCUT2D eigenvalue weighted by molar-refractivity contribution is 0.389. The molecule has 5 nitrogen and oxygen atoms in total. The van der Waals surface area contributed by atoms with Crippen LogP contribution >= 0.6 is 0 Å². The van der Waals surface area contributed by atoms with Gasteiger partial charge in [0.1, 0.15) is 11.9 Å². The van der Waals surface area contributed by atoms with Gasteiger partial charge in [-0.15, -0.1) is 5.10 Å². The Labute approximate surface area is 212 Å². The maximum atomic E-state index is 9.05. The fourth-order valence-electron chi connectivity index (χ4n) is 4.28. The van der Waals surface area contributed by atoms with Gasteiger partial charge in [0.25, 0.3) is 0 Å². The average Bonchev–Trinajstić information content (AvgIpc) is 3.33. The van der Waals surface area contributed by atoms with Gasteiger partial charge in [-0.1, -0.05) is 75.5 Å². The molecule has 1 atom stereocenters. The van der Waals surface area contributed by atoms with Gasteiger partial charge in [-0.05, 0) is 69.0 Å². The van der Waals surface area contributed by atoms with E-state index in [0.717, 1.165) is 53.4 Å². The summed E-state index contributed by atoms with van der Waals surface area (Å²) in [5, 5.41) is 18.1. The number of nitrogens with one attached hydrogen (secondary N) is 1. The Bertz CT molecular complexity index is 1070. The van der Waals surface area contributed by atoms with Crippen LogP contribution in [0.15, 0.2) is 98.4 Å². The molecule has 0 fully saturated rings. The molecule has 0 aromatic carbocycles. The molecule has 1 unspecified atom stereocenters. The first-order chi connectivity index (χ1) is 16.8. The summed E-state index contributed by atoms with van der Waals surface area (Å²) in [6.07, 6.45) is 18.6. The molecule has 0 aromatic rings. The van der Waals surface area contributed by atoms with Gasteiger partial charge < -0.3 is 10.3 Å². The molecule has 0 spiro atoms. The zero-order valence-electron chi connectivity index (χ0n) is 22.3. The standard InChI is InChI=1S/C30H41N5/c1-9-12-14-25(21(4)5)23(7)19-26(31)30-27(32-8)15-13-18-35(30)29-20-28(33-34-29)24(11-3)17-16-22(6)10-2/h9-10,12,14-17,19,21,30-31H,2,8,11,13,18,20H2,1,3-7H3/b12-9-,22-16-,23-19+,24-17+,25-14-,31-26?. The second-order valence-electron chi connectivity index (χ2n) is 9.16. The van der Waals surface area contributed by atoms with Crippen LogP contribution < -0.4 is 0 Å². The molecule has 2 rings (SSSR count). The number of allylic oxidation sites excluding steroid dienone is 10. The van der Waals surface area contributed by atoms with Crippen molar-refractivity contribution in [2.24, 2.45) is 21.1 Å². The molecule has 0 bridgehead atoms. The summed E-state index contributed by atoms with van der Waals surface area (Å²) in [5.74, 6) is 1.24. The van der Waals surface area contributed by atoms with Gasteiger partial charge in [0.15, 0.2) is 0 Å². The first-order valence-corrected chi connectivity index (χ1v) is 12.4. The predicted molar refractivity (Wildman–Crippen MR) is 154 cm³/mol. The number of hydrogen-bond donors (Lipinski definition) is 1. The normalized spacial score (nSPS) is 20.3. The molecule has 35 heavy (non-hydrogen) atoms. The van der Waals surface area contributed by atoms with E-state index in [-0.39, 0.29) is 6.04 Å². The molecule has 186 valence electrons. The van der Waals surface area contributed by atoms with E-state index in [1.54, 1.807) is 0 Å². The summed E-state index contributed by atoms with van der Waals surface area (Å²) in [5.41, 5.74) is 6.85. The molecular weight excluding hydrogens is 430 g/mol. The van der Waals surface area contributed by atoms with Crippen molar-refractivity contribution in [1.29, 1.82) is 5.41 Å². The van der Waals surface area contributed by atoms with Crippen molar-refractivity contribution >= 4 is 24.0 Å². The lowest BCUT2D eigenvalue weighted by atomic mass is 9.92. The lowest BCUT2D eigenvalue weighted by Crippen LogP contribution is -2.47. The highest BCUT2D eigenvalue weighted by atomic mass is 15.3. The average molecular weight is 472 g/mol. The van der Waals surface area contributed by atoms with E-state index in [4.69, 9.17) is 5.41 Å². The second-order valence-corrected chi connectivity index (χ2v) is 9.16. The summed E-state index contributed by atoms with van der Waals surface area (Å²) >= 11 is 0. The third-order valence-electron chi connectivity index (χ3n) is 6.27. The van der Waals surface area contributed by atoms with Crippen LogP contribution in [0, 0.1) is 11.3 Å². The van der Waals surface area contributed by atoms with Gasteiger partial charge in [-0.25, -0.2) is 0 Å². The zero-order valence-corrected chi connectivity index (χ0v) is 22.3. The fraction of sp³-hybridized carbons (Fsp3) is 0.400. The molecule has 0 aliphatic carbocycles. The van der Waals surface area contributed by atoms with Crippen molar-refractivity contribution in [1.82, 2.24) is 4.90 Å². The van der Waals surface area contributed by atoms with Crippen LogP contribution in [0.1, 0.15) is 60.8 Å². The third-order valence-corrected chi connectivity index (χ3v) is 6.27. The van der Waals surface area contributed by atoms with Crippen LogP contribution in [-0.4, -0.2) is 41.5 Å². The van der Waals surface area contributed by atoms with E-state index in [2.05, 4.69) is 91.5 Å². The quantitative estimate of drug-likeness (QED) is 0.262. The van der Waals surface area contributed by atoms with Crippen LogP contribution in [-0.2, 0) is 0 Å². The van der Waals surface area contributed by atoms with Gasteiger partial charge in [0, 0.05) is 6.54 Å². The molecule has 2 aliphatic heterocycles. The van der Waals surface area contributed by atoms with Crippen LogP contribution in [0.5, 0.6) is 0 Å². The van der Waals surface area contributed by atoms with E-state index in [1.165, 1.54) is 5.57 Å². The molecule has 0 saturated heterocycles. The number of rotatable bonds is 10. The van der Waals surface area contributed by atoms with Gasteiger partial charge in [0.05, 0.1) is 23.5 Å². The van der Waals surface area contributed by atoms with E-state index in [0.29, 0.717) is 18.1 Å². The maximum Gasteiger partial charge on any atom is 0.134 e. The number of hydrogen-bond acceptors (Lipinski definition) is 5. The Morgan fingerprint density at radius 2 is 2.00 bits per heavy atom. The molecule has 5 heteroatoms. The topological polar surface area (TPSA) is 64.2 Å². The van der Waals surface area contributed by atoms with Crippen molar-refractivity contribution in [3.8, 4) is 0 Å². The Morgan fingerprint density at radius 1 is 1.26 bits per heavy atom. The van der Waals surface area contributed by atoms with Gasteiger partial charge >= 0.3 is 0 Å². The van der Waals surface area contributed by atoms with Gasteiger partial charge in [-0.3, -0.25) is 4.99 Å². The fourth-order valence-corrected chi connectivity index (χ4v) is 4.28. The molecule has 0 saturated carbocycles. The minimum atomic E-state index is -0.323. The smallest absolute Gasteiger partial charge is 0.134 e. The summed E-state index contributed by atoms with van der Waals surface area (Å²) in [6, 6.07) is -0.323. The summed E-state index contributed by atoms with van der Waals surface area (Å²) in [6.45, 7) is 21.0. The van der Waals surface area contributed by atoms with E-state index in [1.807, 2.05) is 32.1 Å². The molecule has 1 N–H and O–H groups in total. The van der Waals surface area contributed by atoms with Crippen molar-refractivity contribution in [2.45, 2.75) is 66.8 Å². The van der Waals surface area contributed by atoms with E-state index >= 15 is 0 Å². The van der Waals surface area contributed by atoms with E-state index < -0.39 is 0 Å². The minimum absolute atomic E-state index is 0.323. The van der Waals surface area contributed by atoms with Gasteiger partial charge in [-0.2, -0.15) is 5.10 Å². The molecule has 0 radical (unpaired) electrons. The van der Waals surface area contributed by atoms with Crippen molar-refractivity contribution < 1.29 is 0 Å². The van der Waals surface area contributed by atoms with Crippen LogP contribution in [0.4, 0.5) is 0 Å².